The molecule has 5 heteroatoms. The summed E-state index contributed by atoms with van der Waals surface area (Å²) in [4.78, 5) is 6.80. The molecule has 0 aliphatic heterocycles. The van der Waals surface area contributed by atoms with E-state index in [-0.39, 0.29) is 0 Å². The summed E-state index contributed by atoms with van der Waals surface area (Å²) in [6, 6.07) is 10.3. The average molecular weight is 548 g/mol. The molecule has 0 fully saturated rings. The zero-order chi connectivity index (χ0) is 17.7. The Morgan fingerprint density at radius 2 is 1.71 bits per heavy atom. The van der Waals surface area contributed by atoms with Crippen LogP contribution in [0.5, 0.6) is 11.5 Å². The second kappa shape index (κ2) is 9.03. The SMILES string of the molecule is CCN(C=Nc1cc(C)c(Oc2ccc(I)c(I)c2)cc1C)CC. The molecule has 0 unspecified atom stereocenters. The largest absolute Gasteiger partial charge is 0.457 e. The fourth-order valence-electron chi connectivity index (χ4n) is 2.22. The lowest BCUT2D eigenvalue weighted by Crippen LogP contribution is -2.20. The Kier molecular flexibility index (Phi) is 7.34. The highest BCUT2D eigenvalue weighted by Gasteiger charge is 2.07. The summed E-state index contributed by atoms with van der Waals surface area (Å²) in [5.74, 6) is 1.74. The molecule has 0 radical (unpaired) electrons. The molecule has 2 aromatic rings. The smallest absolute Gasteiger partial charge is 0.130 e. The summed E-state index contributed by atoms with van der Waals surface area (Å²) < 4.78 is 8.50. The van der Waals surface area contributed by atoms with Gasteiger partial charge in [-0.3, -0.25) is 0 Å². The van der Waals surface area contributed by atoms with E-state index < -0.39 is 0 Å². The van der Waals surface area contributed by atoms with Crippen LogP contribution in [-0.2, 0) is 0 Å². The third-order valence-electron chi connectivity index (χ3n) is 3.78. The zero-order valence-electron chi connectivity index (χ0n) is 14.4. The molecule has 2 rings (SSSR count). The van der Waals surface area contributed by atoms with Crippen LogP contribution in [0.3, 0.4) is 0 Å². The molecule has 0 aromatic heterocycles. The maximum absolute atomic E-state index is 6.08. The number of halogens is 2. The summed E-state index contributed by atoms with van der Waals surface area (Å²) in [7, 11) is 0. The van der Waals surface area contributed by atoms with Gasteiger partial charge in [0.15, 0.2) is 0 Å². The number of hydrogen-bond acceptors (Lipinski definition) is 2. The van der Waals surface area contributed by atoms with Crippen molar-refractivity contribution in [2.45, 2.75) is 27.7 Å². The van der Waals surface area contributed by atoms with E-state index in [9.17, 15) is 0 Å². The van der Waals surface area contributed by atoms with Gasteiger partial charge in [0.2, 0.25) is 0 Å². The van der Waals surface area contributed by atoms with Crippen molar-refractivity contribution in [1.82, 2.24) is 4.90 Å². The van der Waals surface area contributed by atoms with Crippen LogP contribution in [0.1, 0.15) is 25.0 Å². The third-order valence-corrected chi connectivity index (χ3v) is 6.65. The maximum Gasteiger partial charge on any atom is 0.130 e. The number of ether oxygens (including phenoxy) is 1. The van der Waals surface area contributed by atoms with Crippen molar-refractivity contribution in [3.8, 4) is 11.5 Å². The fraction of sp³-hybridized carbons (Fsp3) is 0.316. The van der Waals surface area contributed by atoms with Gasteiger partial charge in [0.1, 0.15) is 11.5 Å². The lowest BCUT2D eigenvalue weighted by Gasteiger charge is -2.15. The molecule has 0 heterocycles. The van der Waals surface area contributed by atoms with Crippen molar-refractivity contribution in [3.63, 3.8) is 0 Å². The molecule has 0 aliphatic rings. The first kappa shape index (κ1) is 19.5. The molecule has 0 amide bonds. The number of rotatable bonds is 6. The predicted octanol–water partition coefficient (Wildman–Crippen LogP) is 6.31. The summed E-state index contributed by atoms with van der Waals surface area (Å²) in [5.41, 5.74) is 3.18. The van der Waals surface area contributed by atoms with Crippen LogP contribution in [0, 0.1) is 21.0 Å². The average Bonchev–Trinajstić information content (AvgIpc) is 2.56. The predicted molar refractivity (Wildman–Crippen MR) is 119 cm³/mol. The standard InChI is InChI=1S/C19H22I2N2O/c1-5-23(6-2)12-22-18-9-14(4)19(10-13(18)3)24-15-7-8-16(20)17(21)11-15/h7-12H,5-6H2,1-4H3. The van der Waals surface area contributed by atoms with Crippen LogP contribution < -0.4 is 4.74 Å². The Morgan fingerprint density at radius 3 is 2.33 bits per heavy atom. The van der Waals surface area contributed by atoms with Crippen LogP contribution in [0.4, 0.5) is 5.69 Å². The van der Waals surface area contributed by atoms with E-state index in [1.165, 1.54) is 7.14 Å². The first-order valence-electron chi connectivity index (χ1n) is 7.97. The normalized spacial score (nSPS) is 11.1. The molecule has 0 aliphatic carbocycles. The number of aliphatic imine (C=N–C) groups is 1. The quantitative estimate of drug-likeness (QED) is 0.241. The highest BCUT2D eigenvalue weighted by Crippen LogP contribution is 2.32. The van der Waals surface area contributed by atoms with Crippen LogP contribution in [0.2, 0.25) is 0 Å². The summed E-state index contributed by atoms with van der Waals surface area (Å²) in [6.07, 6.45) is 1.92. The van der Waals surface area contributed by atoms with Gasteiger partial charge in [-0.05, 0) is 114 Å². The molecule has 0 atom stereocenters. The van der Waals surface area contributed by atoms with Gasteiger partial charge in [0, 0.05) is 20.2 Å². The van der Waals surface area contributed by atoms with Gasteiger partial charge in [0.25, 0.3) is 0 Å². The van der Waals surface area contributed by atoms with Crippen molar-refractivity contribution in [3.05, 3.63) is 48.6 Å². The van der Waals surface area contributed by atoms with E-state index in [0.717, 1.165) is 41.4 Å². The molecule has 0 bridgehead atoms. The van der Waals surface area contributed by atoms with E-state index in [4.69, 9.17) is 4.74 Å². The molecular weight excluding hydrogens is 526 g/mol. The minimum Gasteiger partial charge on any atom is -0.457 e. The molecule has 0 spiro atoms. The Balaban J connectivity index is 2.24. The molecule has 128 valence electrons. The monoisotopic (exact) mass is 548 g/mol. The van der Waals surface area contributed by atoms with Gasteiger partial charge in [0.05, 0.1) is 12.0 Å². The lowest BCUT2D eigenvalue weighted by atomic mass is 10.1. The molecule has 0 saturated heterocycles. The van der Waals surface area contributed by atoms with Gasteiger partial charge >= 0.3 is 0 Å². The second-order valence-electron chi connectivity index (χ2n) is 5.55. The number of aryl methyl sites for hydroxylation is 2. The topological polar surface area (TPSA) is 24.8 Å². The van der Waals surface area contributed by atoms with Crippen molar-refractivity contribution >= 4 is 57.2 Å². The second-order valence-corrected chi connectivity index (χ2v) is 7.87. The van der Waals surface area contributed by atoms with Gasteiger partial charge < -0.3 is 9.64 Å². The lowest BCUT2D eigenvalue weighted by molar-refractivity contribution is 0.477. The Labute approximate surface area is 171 Å². The van der Waals surface area contributed by atoms with Gasteiger partial charge in [-0.1, -0.05) is 0 Å². The Bertz CT molecular complexity index is 740. The maximum atomic E-state index is 6.08. The number of benzene rings is 2. The van der Waals surface area contributed by atoms with Crippen LogP contribution in [0.25, 0.3) is 0 Å². The molecule has 2 aromatic carbocycles. The molecule has 3 nitrogen and oxygen atoms in total. The van der Waals surface area contributed by atoms with Gasteiger partial charge in [-0.2, -0.15) is 0 Å². The fourth-order valence-corrected chi connectivity index (χ4v) is 3.04. The summed E-state index contributed by atoms with van der Waals surface area (Å²) in [6.45, 7) is 10.3. The van der Waals surface area contributed by atoms with Gasteiger partial charge in [-0.25, -0.2) is 4.99 Å². The van der Waals surface area contributed by atoms with Crippen molar-refractivity contribution in [2.75, 3.05) is 13.1 Å². The van der Waals surface area contributed by atoms with Crippen molar-refractivity contribution in [1.29, 1.82) is 0 Å². The first-order chi connectivity index (χ1) is 11.4. The van der Waals surface area contributed by atoms with Gasteiger partial charge in [-0.15, -0.1) is 0 Å². The minimum atomic E-state index is 0.863. The van der Waals surface area contributed by atoms with Crippen LogP contribution in [0.15, 0.2) is 35.3 Å². The van der Waals surface area contributed by atoms with E-state index in [2.05, 4.69) is 107 Å². The third kappa shape index (κ3) is 5.08. The van der Waals surface area contributed by atoms with Crippen molar-refractivity contribution < 1.29 is 4.74 Å². The number of nitrogens with zero attached hydrogens (tertiary/aromatic N) is 2. The van der Waals surface area contributed by atoms with Crippen LogP contribution >= 0.6 is 45.2 Å². The highest BCUT2D eigenvalue weighted by molar-refractivity contribution is 14.1. The van der Waals surface area contributed by atoms with Crippen molar-refractivity contribution in [2.24, 2.45) is 4.99 Å². The molecule has 0 saturated carbocycles. The zero-order valence-corrected chi connectivity index (χ0v) is 18.8. The summed E-state index contributed by atoms with van der Waals surface area (Å²) >= 11 is 4.65. The number of hydrogen-bond donors (Lipinski definition) is 0. The summed E-state index contributed by atoms with van der Waals surface area (Å²) in [5, 5.41) is 0. The molecule has 0 N–H and O–H groups in total. The van der Waals surface area contributed by atoms with E-state index in [0.29, 0.717) is 0 Å². The van der Waals surface area contributed by atoms with E-state index >= 15 is 0 Å². The van der Waals surface area contributed by atoms with E-state index in [1.807, 2.05) is 12.4 Å². The molecule has 24 heavy (non-hydrogen) atoms. The van der Waals surface area contributed by atoms with Crippen LogP contribution in [-0.4, -0.2) is 24.3 Å². The Hall–Kier alpha value is -0.830. The first-order valence-corrected chi connectivity index (χ1v) is 10.1. The minimum absolute atomic E-state index is 0.863. The molecular formula is C19H22I2N2O. The van der Waals surface area contributed by atoms with E-state index in [1.54, 1.807) is 0 Å². The highest BCUT2D eigenvalue weighted by atomic mass is 127. The Morgan fingerprint density at radius 1 is 1.00 bits per heavy atom.